The molecule has 0 amide bonds. The minimum absolute atomic E-state index is 0.0200. The minimum atomic E-state index is -1.07. The number of carboxylic acid groups (broad SMARTS) is 1. The van der Waals surface area contributed by atoms with Crippen LogP contribution >= 0.6 is 0 Å². The highest BCUT2D eigenvalue weighted by atomic mass is 16.4. The fraction of sp³-hybridized carbons (Fsp3) is 0.100. The molecule has 15 heavy (non-hydrogen) atoms. The van der Waals surface area contributed by atoms with Crippen LogP contribution in [0.2, 0.25) is 0 Å². The Balaban J connectivity index is 2.60. The monoisotopic (exact) mass is 204 g/mol. The molecule has 2 heterocycles. The molecule has 2 aromatic rings. The third-order valence-corrected chi connectivity index (χ3v) is 2.10. The van der Waals surface area contributed by atoms with Gasteiger partial charge in [0.2, 0.25) is 0 Å². The van der Waals surface area contributed by atoms with E-state index in [1.807, 2.05) is 0 Å². The first-order valence-corrected chi connectivity index (χ1v) is 4.35. The van der Waals surface area contributed by atoms with E-state index < -0.39 is 5.97 Å². The fourth-order valence-electron chi connectivity index (χ4n) is 1.41. The predicted molar refractivity (Wildman–Crippen MR) is 52.8 cm³/mol. The number of pyridine rings is 1. The van der Waals surface area contributed by atoms with Crippen LogP contribution in [-0.4, -0.2) is 26.9 Å². The minimum Gasteiger partial charge on any atom is -0.477 e. The second-order valence-corrected chi connectivity index (χ2v) is 3.05. The highest BCUT2D eigenvalue weighted by Gasteiger charge is 2.08. The lowest BCUT2D eigenvalue weighted by molar-refractivity contribution is -0.108. The molecule has 2 rings (SSSR count). The number of aldehydes is 1. The fourth-order valence-corrected chi connectivity index (χ4v) is 1.41. The molecule has 0 radical (unpaired) electrons. The summed E-state index contributed by atoms with van der Waals surface area (Å²) in [4.78, 5) is 25.0. The number of carbonyl (C=O) groups is 2. The average Bonchev–Trinajstić information content (AvgIpc) is 2.61. The smallest absolute Gasteiger partial charge is 0.354 e. The molecular formula is C10H8N2O3. The zero-order valence-electron chi connectivity index (χ0n) is 7.75. The maximum atomic E-state index is 10.7. The van der Waals surface area contributed by atoms with Gasteiger partial charge in [-0.25, -0.2) is 9.78 Å². The van der Waals surface area contributed by atoms with E-state index in [1.165, 1.54) is 6.07 Å². The normalized spacial score (nSPS) is 10.4. The van der Waals surface area contributed by atoms with Crippen LogP contribution in [0.5, 0.6) is 0 Å². The van der Waals surface area contributed by atoms with Gasteiger partial charge in [0.15, 0.2) is 5.69 Å². The Hall–Kier alpha value is -2.17. The summed E-state index contributed by atoms with van der Waals surface area (Å²) in [6, 6.07) is 4.90. The maximum Gasteiger partial charge on any atom is 0.354 e. The van der Waals surface area contributed by atoms with Crippen molar-refractivity contribution in [2.75, 3.05) is 0 Å². The number of fused-ring (bicyclic) bond motifs is 1. The molecule has 0 aliphatic rings. The quantitative estimate of drug-likeness (QED) is 0.755. The van der Waals surface area contributed by atoms with Crippen molar-refractivity contribution < 1.29 is 14.7 Å². The van der Waals surface area contributed by atoms with E-state index in [0.717, 1.165) is 11.7 Å². The highest BCUT2D eigenvalue weighted by molar-refractivity contribution is 5.89. The van der Waals surface area contributed by atoms with E-state index in [9.17, 15) is 9.59 Å². The molecule has 76 valence electrons. The van der Waals surface area contributed by atoms with Crippen LogP contribution in [0.4, 0.5) is 0 Å². The maximum absolute atomic E-state index is 10.7. The van der Waals surface area contributed by atoms with Crippen molar-refractivity contribution in [2.24, 2.45) is 0 Å². The number of aromatic carboxylic acids is 1. The van der Waals surface area contributed by atoms with Gasteiger partial charge in [-0.15, -0.1) is 0 Å². The topological polar surface area (TPSA) is 72.2 Å². The lowest BCUT2D eigenvalue weighted by atomic mass is 10.3. The molecule has 0 bridgehead atoms. The van der Waals surface area contributed by atoms with E-state index in [-0.39, 0.29) is 12.2 Å². The standard InChI is InChI=1S/C10H8N2O3/c13-6-5-12-4-3-7-1-2-8(10(14)15)11-9(7)12/h1-4,6H,5H2,(H,14,15). The summed E-state index contributed by atoms with van der Waals surface area (Å²) in [5.41, 5.74) is 0.496. The Morgan fingerprint density at radius 2 is 2.27 bits per heavy atom. The molecule has 0 unspecified atom stereocenters. The SMILES string of the molecule is O=CCn1ccc2ccc(C(=O)O)nc21. The lowest BCUT2D eigenvalue weighted by Crippen LogP contribution is -2.03. The lowest BCUT2D eigenvalue weighted by Gasteiger charge is -1.99. The summed E-state index contributed by atoms with van der Waals surface area (Å²) in [5, 5.41) is 9.58. The molecule has 0 atom stereocenters. The molecular weight excluding hydrogens is 196 g/mol. The molecule has 1 N–H and O–H groups in total. The Morgan fingerprint density at radius 1 is 1.47 bits per heavy atom. The molecule has 5 heteroatoms. The van der Waals surface area contributed by atoms with Crippen LogP contribution in [0.15, 0.2) is 24.4 Å². The van der Waals surface area contributed by atoms with Gasteiger partial charge in [0, 0.05) is 11.6 Å². The van der Waals surface area contributed by atoms with Gasteiger partial charge >= 0.3 is 5.97 Å². The van der Waals surface area contributed by atoms with Gasteiger partial charge in [-0.2, -0.15) is 0 Å². The second-order valence-electron chi connectivity index (χ2n) is 3.05. The summed E-state index contributed by atoms with van der Waals surface area (Å²) < 4.78 is 1.61. The zero-order valence-corrected chi connectivity index (χ0v) is 7.75. The first-order valence-electron chi connectivity index (χ1n) is 4.35. The van der Waals surface area contributed by atoms with E-state index >= 15 is 0 Å². The number of carboxylic acids is 1. The Kier molecular flexibility index (Phi) is 2.21. The molecule has 0 aliphatic carbocycles. The van der Waals surface area contributed by atoms with Crippen molar-refractivity contribution in [1.82, 2.24) is 9.55 Å². The number of hydrogen-bond acceptors (Lipinski definition) is 3. The van der Waals surface area contributed by atoms with Crippen LogP contribution in [0, 0.1) is 0 Å². The Labute approximate surface area is 85.0 Å². The van der Waals surface area contributed by atoms with Gasteiger partial charge in [-0.3, -0.25) is 0 Å². The molecule has 0 saturated carbocycles. The van der Waals surface area contributed by atoms with E-state index in [1.54, 1.807) is 22.9 Å². The molecule has 0 aliphatic heterocycles. The van der Waals surface area contributed by atoms with Crippen molar-refractivity contribution >= 4 is 23.3 Å². The number of hydrogen-bond donors (Lipinski definition) is 1. The Bertz CT molecular complexity index is 530. The Morgan fingerprint density at radius 3 is 2.93 bits per heavy atom. The van der Waals surface area contributed by atoms with Crippen LogP contribution in [0.3, 0.4) is 0 Å². The van der Waals surface area contributed by atoms with Crippen molar-refractivity contribution in [3.63, 3.8) is 0 Å². The number of nitrogens with zero attached hydrogens (tertiary/aromatic N) is 2. The van der Waals surface area contributed by atoms with Crippen molar-refractivity contribution in [2.45, 2.75) is 6.54 Å². The van der Waals surface area contributed by atoms with Gasteiger partial charge in [0.25, 0.3) is 0 Å². The van der Waals surface area contributed by atoms with Gasteiger partial charge in [-0.1, -0.05) is 0 Å². The van der Waals surface area contributed by atoms with Crippen LogP contribution < -0.4 is 0 Å². The predicted octanol–water partition coefficient (Wildman–Crippen LogP) is 0.933. The van der Waals surface area contributed by atoms with Crippen LogP contribution in [0.1, 0.15) is 10.5 Å². The van der Waals surface area contributed by atoms with E-state index in [2.05, 4.69) is 4.98 Å². The number of carbonyl (C=O) groups excluding carboxylic acids is 1. The summed E-state index contributed by atoms with van der Waals surface area (Å²) in [6.07, 6.45) is 2.45. The molecule has 5 nitrogen and oxygen atoms in total. The summed E-state index contributed by atoms with van der Waals surface area (Å²) in [6.45, 7) is 0.180. The molecule has 2 aromatic heterocycles. The first kappa shape index (κ1) is 9.39. The van der Waals surface area contributed by atoms with Crippen molar-refractivity contribution in [3.8, 4) is 0 Å². The molecule has 0 fully saturated rings. The summed E-state index contributed by atoms with van der Waals surface area (Å²) in [5.74, 6) is -1.07. The molecule has 0 aromatic carbocycles. The van der Waals surface area contributed by atoms with Crippen molar-refractivity contribution in [3.05, 3.63) is 30.1 Å². The van der Waals surface area contributed by atoms with E-state index in [0.29, 0.717) is 5.65 Å². The third-order valence-electron chi connectivity index (χ3n) is 2.10. The summed E-state index contributed by atoms with van der Waals surface area (Å²) >= 11 is 0. The van der Waals surface area contributed by atoms with E-state index in [4.69, 9.17) is 5.11 Å². The van der Waals surface area contributed by atoms with Gasteiger partial charge in [0.1, 0.15) is 11.9 Å². The van der Waals surface area contributed by atoms with Gasteiger partial charge < -0.3 is 14.5 Å². The average molecular weight is 204 g/mol. The largest absolute Gasteiger partial charge is 0.477 e. The number of rotatable bonds is 3. The van der Waals surface area contributed by atoms with Crippen LogP contribution in [-0.2, 0) is 11.3 Å². The third kappa shape index (κ3) is 1.59. The highest BCUT2D eigenvalue weighted by Crippen LogP contribution is 2.13. The first-order chi connectivity index (χ1) is 7.22. The van der Waals surface area contributed by atoms with Crippen LogP contribution in [0.25, 0.3) is 11.0 Å². The zero-order chi connectivity index (χ0) is 10.8. The number of aromatic nitrogens is 2. The molecule has 0 saturated heterocycles. The van der Waals surface area contributed by atoms with Gasteiger partial charge in [0.05, 0.1) is 6.54 Å². The second kappa shape index (κ2) is 3.53. The van der Waals surface area contributed by atoms with Crippen molar-refractivity contribution in [1.29, 1.82) is 0 Å². The summed E-state index contributed by atoms with van der Waals surface area (Å²) in [7, 11) is 0. The van der Waals surface area contributed by atoms with Gasteiger partial charge in [-0.05, 0) is 18.2 Å². The molecule has 0 spiro atoms.